The molecule has 1 aliphatic heterocycles. The highest BCUT2D eigenvalue weighted by Crippen LogP contribution is 2.32. The van der Waals surface area contributed by atoms with Gasteiger partial charge in [0.1, 0.15) is 12.2 Å². The molecule has 3 heteroatoms. The van der Waals surface area contributed by atoms with Gasteiger partial charge in [0, 0.05) is 0 Å². The molecule has 0 aromatic heterocycles. The van der Waals surface area contributed by atoms with E-state index >= 15 is 0 Å². The maximum absolute atomic E-state index is 12.2. The summed E-state index contributed by atoms with van der Waals surface area (Å²) in [7, 11) is 0. The number of rotatable bonds is 8. The lowest BCUT2D eigenvalue weighted by Gasteiger charge is -2.26. The molecule has 1 unspecified atom stereocenters. The smallest absolute Gasteiger partial charge is 0.158 e. The van der Waals surface area contributed by atoms with Crippen LogP contribution in [0.5, 0.6) is 0 Å². The second-order valence-corrected chi connectivity index (χ2v) is 8.35. The van der Waals surface area contributed by atoms with Crippen LogP contribution in [-0.4, -0.2) is 25.0 Å². The number of hydrogen-bond donors (Lipinski definition) is 1. The maximum Gasteiger partial charge on any atom is 0.158 e. The average molecular weight is 380 g/mol. The molecule has 0 radical (unpaired) electrons. The lowest BCUT2D eigenvalue weighted by Crippen LogP contribution is -2.27. The van der Waals surface area contributed by atoms with E-state index < -0.39 is 0 Å². The highest BCUT2D eigenvalue weighted by Gasteiger charge is 2.24. The fourth-order valence-corrected chi connectivity index (χ4v) is 3.99. The van der Waals surface area contributed by atoms with Crippen LogP contribution in [0.15, 0.2) is 54.6 Å². The first-order valence-corrected chi connectivity index (χ1v) is 10.6. The zero-order chi connectivity index (χ0) is 19.9. The van der Waals surface area contributed by atoms with Crippen LogP contribution < -0.4 is 5.32 Å². The average Bonchev–Trinajstić information content (AvgIpc) is 2.72. The Hall–Kier alpha value is -1.97. The van der Waals surface area contributed by atoms with E-state index in [0.717, 1.165) is 30.6 Å². The first-order valence-electron chi connectivity index (χ1n) is 10.6. The topological polar surface area (TPSA) is 38.3 Å². The Morgan fingerprint density at radius 2 is 1.61 bits per heavy atom. The van der Waals surface area contributed by atoms with Gasteiger partial charge in [-0.05, 0) is 67.8 Å². The maximum atomic E-state index is 12.2. The van der Waals surface area contributed by atoms with Crippen LogP contribution in [0.25, 0.3) is 0 Å². The quantitative estimate of drug-likeness (QED) is 0.679. The van der Waals surface area contributed by atoms with Crippen molar-refractivity contribution < 1.29 is 9.53 Å². The molecule has 1 aliphatic rings. The molecule has 1 saturated heterocycles. The van der Waals surface area contributed by atoms with Crippen molar-refractivity contribution in [2.75, 3.05) is 13.1 Å². The molecule has 3 nitrogen and oxygen atoms in total. The summed E-state index contributed by atoms with van der Waals surface area (Å²) in [6.07, 6.45) is 2.52. The van der Waals surface area contributed by atoms with E-state index in [1.807, 2.05) is 18.2 Å². The molecule has 0 amide bonds. The normalized spacial score (nSPS) is 17.4. The van der Waals surface area contributed by atoms with Crippen molar-refractivity contribution in [3.8, 4) is 0 Å². The number of carbonyl (C=O) groups excluding carboxylic acids is 1. The van der Waals surface area contributed by atoms with Gasteiger partial charge in [0.05, 0.1) is 0 Å². The van der Waals surface area contributed by atoms with Crippen molar-refractivity contribution in [3.63, 3.8) is 0 Å². The van der Waals surface area contributed by atoms with E-state index in [-0.39, 0.29) is 18.0 Å². The Bertz CT molecular complexity index is 733. The van der Waals surface area contributed by atoms with Crippen molar-refractivity contribution in [3.05, 3.63) is 71.3 Å². The lowest BCUT2D eigenvalue weighted by molar-refractivity contribution is -0.132. The van der Waals surface area contributed by atoms with Gasteiger partial charge >= 0.3 is 0 Å². The van der Waals surface area contributed by atoms with Gasteiger partial charge in [-0.15, -0.1) is 0 Å². The van der Waals surface area contributed by atoms with Crippen LogP contribution in [0.3, 0.4) is 0 Å². The van der Waals surface area contributed by atoms with Gasteiger partial charge in [-0.1, -0.05) is 68.4 Å². The molecular weight excluding hydrogens is 346 g/mol. The molecule has 2 aromatic rings. The number of Topliss-reactive ketones (excluding diaryl/α,β-unsaturated/α-hetero) is 1. The standard InChI is InChI=1S/C25H33NO2/c1-18(2)17-24(19(3)27)28-25(22-7-5-4-6-8-22)23-11-9-20(10-12-23)21-13-15-26-16-14-21/h4-12,18,21,24-26H,13-17H2,1-3H3/t24-,25?/m0/s1. The van der Waals surface area contributed by atoms with Gasteiger partial charge < -0.3 is 10.1 Å². The lowest BCUT2D eigenvalue weighted by atomic mass is 9.89. The highest BCUT2D eigenvalue weighted by atomic mass is 16.5. The van der Waals surface area contributed by atoms with Gasteiger partial charge in [0.25, 0.3) is 0 Å². The van der Waals surface area contributed by atoms with Gasteiger partial charge in [-0.3, -0.25) is 4.79 Å². The van der Waals surface area contributed by atoms with E-state index in [1.165, 1.54) is 18.4 Å². The molecule has 150 valence electrons. The minimum Gasteiger partial charge on any atom is -0.358 e. The third kappa shape index (κ3) is 5.52. The molecule has 0 spiro atoms. The van der Waals surface area contributed by atoms with Crippen molar-refractivity contribution in [2.45, 2.75) is 58.2 Å². The van der Waals surface area contributed by atoms with Crippen molar-refractivity contribution in [2.24, 2.45) is 5.92 Å². The van der Waals surface area contributed by atoms with Crippen LogP contribution in [0.2, 0.25) is 0 Å². The van der Waals surface area contributed by atoms with Gasteiger partial charge in [0.2, 0.25) is 0 Å². The number of hydrogen-bond acceptors (Lipinski definition) is 3. The Kier molecular flexibility index (Phi) is 7.41. The van der Waals surface area contributed by atoms with Crippen LogP contribution in [0, 0.1) is 5.92 Å². The molecule has 2 aromatic carbocycles. The van der Waals surface area contributed by atoms with Gasteiger partial charge in [-0.2, -0.15) is 0 Å². The molecular formula is C25H33NO2. The van der Waals surface area contributed by atoms with Crippen molar-refractivity contribution >= 4 is 5.78 Å². The zero-order valence-electron chi connectivity index (χ0n) is 17.4. The third-order valence-electron chi connectivity index (χ3n) is 5.59. The van der Waals surface area contributed by atoms with E-state index in [1.54, 1.807) is 6.92 Å². The molecule has 1 N–H and O–H groups in total. The Balaban J connectivity index is 1.85. The number of piperidine rings is 1. The Morgan fingerprint density at radius 1 is 1.00 bits per heavy atom. The number of nitrogens with one attached hydrogen (secondary N) is 1. The van der Waals surface area contributed by atoms with Crippen LogP contribution >= 0.6 is 0 Å². The predicted octanol–water partition coefficient (Wildman–Crippen LogP) is 5.26. The van der Waals surface area contributed by atoms with Crippen molar-refractivity contribution in [1.82, 2.24) is 5.32 Å². The van der Waals surface area contributed by atoms with Crippen LogP contribution in [0.4, 0.5) is 0 Å². The first-order chi connectivity index (χ1) is 13.5. The fraction of sp³-hybridized carbons (Fsp3) is 0.480. The minimum absolute atomic E-state index is 0.0981. The molecule has 3 rings (SSSR count). The van der Waals surface area contributed by atoms with E-state index in [2.05, 4.69) is 55.6 Å². The summed E-state index contributed by atoms with van der Waals surface area (Å²) >= 11 is 0. The van der Waals surface area contributed by atoms with E-state index in [4.69, 9.17) is 4.74 Å². The molecule has 1 fully saturated rings. The molecule has 2 atom stereocenters. The number of ether oxygens (including phenoxy) is 1. The molecule has 28 heavy (non-hydrogen) atoms. The van der Waals surface area contributed by atoms with Gasteiger partial charge in [-0.25, -0.2) is 0 Å². The SMILES string of the molecule is CC(=O)[C@H](CC(C)C)OC(c1ccccc1)c1ccc(C2CCNCC2)cc1. The fourth-order valence-electron chi connectivity index (χ4n) is 3.99. The second kappa shape index (κ2) is 9.99. The number of ketones is 1. The largest absolute Gasteiger partial charge is 0.358 e. The summed E-state index contributed by atoms with van der Waals surface area (Å²) in [5.41, 5.74) is 3.60. The van der Waals surface area contributed by atoms with E-state index in [0.29, 0.717) is 11.8 Å². The predicted molar refractivity (Wildman–Crippen MR) is 115 cm³/mol. The molecule has 0 bridgehead atoms. The number of carbonyl (C=O) groups is 1. The number of benzene rings is 2. The van der Waals surface area contributed by atoms with Gasteiger partial charge in [0.15, 0.2) is 5.78 Å². The van der Waals surface area contributed by atoms with Crippen molar-refractivity contribution in [1.29, 1.82) is 0 Å². The summed E-state index contributed by atoms with van der Waals surface area (Å²) in [5, 5.41) is 3.43. The molecule has 0 saturated carbocycles. The zero-order valence-corrected chi connectivity index (χ0v) is 17.4. The second-order valence-electron chi connectivity index (χ2n) is 8.35. The first kappa shape index (κ1) is 20.8. The molecule has 1 heterocycles. The summed E-state index contributed by atoms with van der Waals surface area (Å²) in [6.45, 7) is 8.08. The third-order valence-corrected chi connectivity index (χ3v) is 5.59. The van der Waals surface area contributed by atoms with Crippen LogP contribution in [0.1, 0.15) is 68.7 Å². The van der Waals surface area contributed by atoms with Crippen LogP contribution in [-0.2, 0) is 9.53 Å². The molecule has 0 aliphatic carbocycles. The summed E-state index contributed by atoms with van der Waals surface area (Å²) in [6, 6.07) is 19.1. The Labute approximate surface area is 169 Å². The monoisotopic (exact) mass is 379 g/mol. The summed E-state index contributed by atoms with van der Waals surface area (Å²) in [4.78, 5) is 12.2. The summed E-state index contributed by atoms with van der Waals surface area (Å²) < 4.78 is 6.42. The summed E-state index contributed by atoms with van der Waals surface area (Å²) in [5.74, 6) is 1.14. The van der Waals surface area contributed by atoms with E-state index in [9.17, 15) is 4.79 Å². The highest BCUT2D eigenvalue weighted by molar-refractivity contribution is 5.80. The Morgan fingerprint density at radius 3 is 2.18 bits per heavy atom. The minimum atomic E-state index is -0.380.